The minimum Gasteiger partial charge on any atom is -0.410 e. The van der Waals surface area contributed by atoms with E-state index in [1.54, 1.807) is 41.3 Å². The van der Waals surface area contributed by atoms with Crippen molar-refractivity contribution in [1.82, 2.24) is 20.9 Å². The zero-order chi connectivity index (χ0) is 37.1. The van der Waals surface area contributed by atoms with E-state index in [0.717, 1.165) is 18.4 Å². The van der Waals surface area contributed by atoms with Gasteiger partial charge in [0.2, 0.25) is 17.7 Å². The van der Waals surface area contributed by atoms with Gasteiger partial charge in [0.1, 0.15) is 17.4 Å². The van der Waals surface area contributed by atoms with Gasteiger partial charge in [-0.05, 0) is 80.7 Å². The maximum absolute atomic E-state index is 15.0. The topological polar surface area (TPSA) is 176 Å². The Balaban J connectivity index is 1.15. The Bertz CT molecular complexity index is 1870. The van der Waals surface area contributed by atoms with Crippen LogP contribution in [-0.4, -0.2) is 75.9 Å². The monoisotopic (exact) mass is 721 g/mol. The molecule has 1 saturated heterocycles. The van der Waals surface area contributed by atoms with Gasteiger partial charge in [-0.3, -0.25) is 14.4 Å². The number of nitrogens with one attached hydrogen (secondary N) is 5. The first-order valence-corrected chi connectivity index (χ1v) is 17.7. The fraction of sp³-hybridized carbons (Fsp3) is 0.514. The molecule has 0 aromatic heterocycles. The first-order chi connectivity index (χ1) is 24.7. The summed E-state index contributed by atoms with van der Waals surface area (Å²) >= 11 is 0. The molecule has 4 aliphatic carbocycles. The fourth-order valence-electron chi connectivity index (χ4n) is 8.17. The van der Waals surface area contributed by atoms with Crippen molar-refractivity contribution in [2.45, 2.75) is 94.2 Å². The van der Waals surface area contributed by atoms with E-state index in [4.69, 9.17) is 5.41 Å². The number of hydrogen-bond acceptors (Lipinski definition) is 7. The number of fused-ring (bicyclic) bond motifs is 1. The zero-order valence-electron chi connectivity index (χ0n) is 28.8. The van der Waals surface area contributed by atoms with Gasteiger partial charge in [-0.2, -0.15) is 0 Å². The summed E-state index contributed by atoms with van der Waals surface area (Å²) in [5, 5.41) is 31.3. The van der Waals surface area contributed by atoms with E-state index < -0.39 is 65.1 Å². The number of oxime groups is 1. The molecule has 1 unspecified atom stereocenters. The van der Waals surface area contributed by atoms with Crippen molar-refractivity contribution in [2.24, 2.45) is 16.5 Å². The molecule has 12 nitrogen and oxygen atoms in total. The molecule has 2 aromatic carbocycles. The molecule has 0 bridgehead atoms. The summed E-state index contributed by atoms with van der Waals surface area (Å²) in [5.74, 6) is -6.02. The maximum atomic E-state index is 15.0. The Kier molecular flexibility index (Phi) is 8.81. The fourth-order valence-corrected chi connectivity index (χ4v) is 8.17. The van der Waals surface area contributed by atoms with Gasteiger partial charge in [0.05, 0.1) is 11.3 Å². The molecule has 276 valence electrons. The largest absolute Gasteiger partial charge is 0.410 e. The molecule has 2 aromatic rings. The molecule has 15 heteroatoms. The number of rotatable bonds is 10. The van der Waals surface area contributed by atoms with E-state index in [9.17, 15) is 37.6 Å². The summed E-state index contributed by atoms with van der Waals surface area (Å²) in [6, 6.07) is 9.83. The first-order valence-electron chi connectivity index (χ1n) is 17.7. The van der Waals surface area contributed by atoms with Gasteiger partial charge in [-0.25, -0.2) is 18.0 Å². The number of amides is 5. The van der Waals surface area contributed by atoms with E-state index in [1.165, 1.54) is 13.0 Å². The van der Waals surface area contributed by atoms with Crippen molar-refractivity contribution < 1.29 is 37.6 Å². The number of nitrogens with zero attached hydrogens (tertiary/aromatic N) is 2. The van der Waals surface area contributed by atoms with Crippen LogP contribution in [0.15, 0.2) is 47.6 Å². The molecule has 4 fully saturated rings. The van der Waals surface area contributed by atoms with Gasteiger partial charge >= 0.3 is 6.03 Å². The predicted octanol–water partition coefficient (Wildman–Crippen LogP) is 4.39. The third-order valence-corrected chi connectivity index (χ3v) is 11.7. The molecular formula is C37H42F3N7O5. The van der Waals surface area contributed by atoms with Gasteiger partial charge < -0.3 is 36.8 Å². The minimum atomic E-state index is -2.89. The van der Waals surface area contributed by atoms with Crippen LogP contribution in [0.2, 0.25) is 0 Å². The van der Waals surface area contributed by atoms with Crippen LogP contribution >= 0.6 is 0 Å². The summed E-state index contributed by atoms with van der Waals surface area (Å²) in [6.45, 7) is 2.16. The average Bonchev–Trinajstić information content (AvgIpc) is 4.02. The average molecular weight is 722 g/mol. The van der Waals surface area contributed by atoms with Gasteiger partial charge in [-0.1, -0.05) is 29.4 Å². The second kappa shape index (κ2) is 12.9. The number of alkyl halides is 2. The lowest BCUT2D eigenvalue weighted by Gasteiger charge is -2.45. The normalized spacial score (nSPS) is 24.7. The highest BCUT2D eigenvalue weighted by molar-refractivity contribution is 6.65. The maximum Gasteiger partial charge on any atom is 0.318 e. The summed E-state index contributed by atoms with van der Waals surface area (Å²) < 4.78 is 43.1. The van der Waals surface area contributed by atoms with Gasteiger partial charge in [0.25, 0.3) is 5.91 Å². The van der Waals surface area contributed by atoms with E-state index in [1.807, 2.05) is 0 Å². The van der Waals surface area contributed by atoms with Crippen LogP contribution in [0.25, 0.3) is 0 Å². The van der Waals surface area contributed by atoms with E-state index >= 15 is 0 Å². The molecule has 1 spiro atoms. The van der Waals surface area contributed by atoms with Gasteiger partial charge in [-0.15, -0.1) is 0 Å². The summed E-state index contributed by atoms with van der Waals surface area (Å²) in [4.78, 5) is 56.5. The number of carbonyl (C=O) groups is 4. The van der Waals surface area contributed by atoms with Crippen molar-refractivity contribution in [3.05, 3.63) is 65.0 Å². The molecule has 0 radical (unpaired) electrons. The predicted molar refractivity (Wildman–Crippen MR) is 184 cm³/mol. The molecule has 1 heterocycles. The van der Waals surface area contributed by atoms with E-state index in [0.29, 0.717) is 42.7 Å². The van der Waals surface area contributed by atoms with Crippen LogP contribution in [-0.2, 0) is 32.8 Å². The number of urea groups is 1. The van der Waals surface area contributed by atoms with Gasteiger partial charge in [0.15, 0.2) is 5.71 Å². The Morgan fingerprint density at radius 3 is 2.35 bits per heavy atom. The summed E-state index contributed by atoms with van der Waals surface area (Å²) in [5.41, 5.74) is -1.07. The highest BCUT2D eigenvalue weighted by atomic mass is 19.3. The van der Waals surface area contributed by atoms with Crippen molar-refractivity contribution in [3.8, 4) is 0 Å². The third kappa shape index (κ3) is 6.60. The lowest BCUT2D eigenvalue weighted by molar-refractivity contribution is -0.133. The summed E-state index contributed by atoms with van der Waals surface area (Å²) in [6.07, 6.45) is 2.25. The second-order valence-electron chi connectivity index (χ2n) is 15.3. The van der Waals surface area contributed by atoms with Crippen molar-refractivity contribution >= 4 is 40.9 Å². The molecule has 5 amide bonds. The second-order valence-corrected chi connectivity index (χ2v) is 15.3. The van der Waals surface area contributed by atoms with Crippen LogP contribution < -0.4 is 21.3 Å². The van der Waals surface area contributed by atoms with Crippen molar-refractivity contribution in [1.29, 1.82) is 5.41 Å². The SMILES string of the molecule is CC(=N)/C(=N\O)C(=O)N[C@H](C(=O)Nc1ccc2c(c1)CC(C(=O)NC1(c3ccccc3F)CC1)(N1CC3(CC3)CNC1=O)C2)C1CCC(F)(F)CC1. The molecule has 5 aliphatic rings. The summed E-state index contributed by atoms with van der Waals surface area (Å²) in [7, 11) is 0. The Labute approximate surface area is 298 Å². The highest BCUT2D eigenvalue weighted by Gasteiger charge is 2.59. The Morgan fingerprint density at radius 1 is 1.02 bits per heavy atom. The number of benzene rings is 2. The molecule has 2 atom stereocenters. The smallest absolute Gasteiger partial charge is 0.318 e. The lowest BCUT2D eigenvalue weighted by Crippen LogP contribution is -2.68. The first kappa shape index (κ1) is 35.5. The molecule has 3 saturated carbocycles. The highest BCUT2D eigenvalue weighted by Crippen LogP contribution is 2.51. The van der Waals surface area contributed by atoms with Crippen molar-refractivity contribution in [2.75, 3.05) is 18.4 Å². The number of hydrogen-bond donors (Lipinski definition) is 6. The number of anilines is 1. The van der Waals surface area contributed by atoms with E-state index in [2.05, 4.69) is 26.4 Å². The van der Waals surface area contributed by atoms with Crippen molar-refractivity contribution in [3.63, 3.8) is 0 Å². The molecule has 1 aliphatic heterocycles. The zero-order valence-corrected chi connectivity index (χ0v) is 28.8. The number of halogens is 3. The van der Waals surface area contributed by atoms with Gasteiger partial charge in [0, 0.05) is 55.4 Å². The number of carbonyl (C=O) groups excluding carboxylic acids is 4. The van der Waals surface area contributed by atoms with Crippen LogP contribution in [0.1, 0.15) is 75.0 Å². The Morgan fingerprint density at radius 2 is 1.71 bits per heavy atom. The lowest BCUT2D eigenvalue weighted by atomic mass is 9.81. The van der Waals surface area contributed by atoms with E-state index in [-0.39, 0.29) is 48.7 Å². The molecular weight excluding hydrogens is 679 g/mol. The third-order valence-electron chi connectivity index (χ3n) is 11.7. The van der Waals surface area contributed by atoms with Crippen LogP contribution in [0.3, 0.4) is 0 Å². The quantitative estimate of drug-likeness (QED) is 0.121. The molecule has 52 heavy (non-hydrogen) atoms. The standard InChI is InChI=1S/C37H42F3N7O5/c1-21(41)28(46-52)30(48)44-29(22-8-10-37(39,40)11-9-22)31(49)43-25-7-6-23-17-36(18-24(23)16-25,47-20-34(12-13-34)19-42-33(47)51)32(50)45-35(14-15-35)26-4-2-3-5-27(26)38/h2-7,16,22,29,41,52H,8-15,17-20H2,1H3,(H,42,51)(H,43,49)(H,44,48)(H,45,50)/b41-21?,46-28+/t29-,36?/m0/s1. The van der Waals surface area contributed by atoms with Crippen LogP contribution in [0, 0.1) is 22.6 Å². The Hall–Kier alpha value is -4.95. The van der Waals surface area contributed by atoms with Crippen LogP contribution in [0.5, 0.6) is 0 Å². The van der Waals surface area contributed by atoms with Crippen LogP contribution in [0.4, 0.5) is 23.7 Å². The minimum absolute atomic E-state index is 0.0455. The molecule has 6 N–H and O–H groups in total. The molecule has 7 rings (SSSR count).